The quantitative estimate of drug-likeness (QED) is 0.728. The Morgan fingerprint density at radius 2 is 2.22 bits per heavy atom. The molecule has 1 aromatic carbocycles. The van der Waals surface area contributed by atoms with Gasteiger partial charge in [-0.1, -0.05) is 6.07 Å². The van der Waals surface area contributed by atoms with E-state index in [0.717, 1.165) is 0 Å². The van der Waals surface area contributed by atoms with Crippen LogP contribution in [0, 0.1) is 0 Å². The molecule has 5 nitrogen and oxygen atoms in total. The van der Waals surface area contributed by atoms with Gasteiger partial charge in [0.1, 0.15) is 12.4 Å². The Kier molecular flexibility index (Phi) is 6.07. The van der Waals surface area contributed by atoms with E-state index in [2.05, 4.69) is 5.32 Å². The number of hydrogen-bond donors (Lipinski definition) is 2. The van der Waals surface area contributed by atoms with Crippen LogP contribution in [0.25, 0.3) is 0 Å². The van der Waals surface area contributed by atoms with Crippen molar-refractivity contribution in [3.05, 3.63) is 29.8 Å². The normalized spacial score (nSPS) is 9.83. The van der Waals surface area contributed by atoms with E-state index in [9.17, 15) is 9.59 Å². The first kappa shape index (κ1) is 14.4. The van der Waals surface area contributed by atoms with Crippen molar-refractivity contribution in [1.29, 1.82) is 0 Å². The lowest BCUT2D eigenvalue weighted by molar-refractivity contribution is -0.118. The van der Waals surface area contributed by atoms with Gasteiger partial charge in [0.25, 0.3) is 0 Å². The molecule has 0 aliphatic heterocycles. The highest BCUT2D eigenvalue weighted by Crippen LogP contribution is 2.12. The molecule has 98 valence electrons. The molecule has 0 radical (unpaired) electrons. The fourth-order valence-electron chi connectivity index (χ4n) is 1.26. The minimum atomic E-state index is -0.992. The van der Waals surface area contributed by atoms with Gasteiger partial charge in [0.05, 0.1) is 17.9 Å². The Morgan fingerprint density at radius 1 is 1.44 bits per heavy atom. The number of hydrogen-bond acceptors (Lipinski definition) is 4. The highest BCUT2D eigenvalue weighted by Gasteiger charge is 2.04. The standard InChI is InChI=1S/C12H15NO4S/c1-18-8-11(14)13-5-6-17-10-4-2-3-9(7-10)12(15)16/h2-4,7H,5-6,8H2,1H3,(H,13,14)(H,15,16). The summed E-state index contributed by atoms with van der Waals surface area (Å²) in [6.45, 7) is 0.708. The number of nitrogens with one attached hydrogen (secondary N) is 1. The molecule has 0 unspecified atom stereocenters. The maximum absolute atomic E-state index is 11.1. The Bertz CT molecular complexity index is 422. The number of aromatic carboxylic acids is 1. The van der Waals surface area contributed by atoms with Crippen LogP contribution in [0.1, 0.15) is 10.4 Å². The molecular formula is C12H15NO4S. The van der Waals surface area contributed by atoms with E-state index >= 15 is 0 Å². The average Bonchev–Trinajstić information content (AvgIpc) is 2.35. The number of carboxylic acid groups (broad SMARTS) is 1. The Labute approximate surface area is 110 Å². The third-order valence-electron chi connectivity index (χ3n) is 2.05. The van der Waals surface area contributed by atoms with E-state index in [1.165, 1.54) is 23.9 Å². The number of amides is 1. The molecule has 0 atom stereocenters. The molecule has 18 heavy (non-hydrogen) atoms. The minimum absolute atomic E-state index is 0.0367. The first-order valence-corrected chi connectivity index (χ1v) is 6.74. The predicted octanol–water partition coefficient (Wildman–Crippen LogP) is 1.24. The molecule has 2 N–H and O–H groups in total. The van der Waals surface area contributed by atoms with E-state index in [0.29, 0.717) is 24.7 Å². The molecule has 1 aromatic rings. The Morgan fingerprint density at radius 3 is 2.89 bits per heavy atom. The lowest BCUT2D eigenvalue weighted by atomic mass is 10.2. The summed E-state index contributed by atoms with van der Waals surface area (Å²) in [5.74, 6) is -0.123. The van der Waals surface area contributed by atoms with Crippen LogP contribution in [0.3, 0.4) is 0 Å². The molecule has 0 saturated carbocycles. The zero-order valence-corrected chi connectivity index (χ0v) is 10.8. The fourth-order valence-corrected chi connectivity index (χ4v) is 1.62. The van der Waals surface area contributed by atoms with Gasteiger partial charge in [-0.3, -0.25) is 4.79 Å². The summed E-state index contributed by atoms with van der Waals surface area (Å²) in [6, 6.07) is 6.24. The molecule has 0 bridgehead atoms. The summed E-state index contributed by atoms with van der Waals surface area (Å²) in [7, 11) is 0. The van der Waals surface area contributed by atoms with Crippen LogP contribution in [0.2, 0.25) is 0 Å². The van der Waals surface area contributed by atoms with Gasteiger partial charge in [0.15, 0.2) is 0 Å². The second-order valence-corrected chi connectivity index (χ2v) is 4.33. The van der Waals surface area contributed by atoms with Gasteiger partial charge >= 0.3 is 5.97 Å². The molecule has 0 spiro atoms. The zero-order chi connectivity index (χ0) is 13.4. The second-order valence-electron chi connectivity index (χ2n) is 3.46. The van der Waals surface area contributed by atoms with Crippen molar-refractivity contribution in [1.82, 2.24) is 5.32 Å². The summed E-state index contributed by atoms with van der Waals surface area (Å²) >= 11 is 1.45. The van der Waals surface area contributed by atoms with Gasteiger partial charge in [-0.2, -0.15) is 11.8 Å². The van der Waals surface area contributed by atoms with Gasteiger partial charge in [0.2, 0.25) is 5.91 Å². The Balaban J connectivity index is 2.33. The van der Waals surface area contributed by atoms with Crippen LogP contribution in [0.15, 0.2) is 24.3 Å². The third kappa shape index (κ3) is 5.09. The van der Waals surface area contributed by atoms with Crippen LogP contribution >= 0.6 is 11.8 Å². The second kappa shape index (κ2) is 7.60. The minimum Gasteiger partial charge on any atom is -0.492 e. The third-order valence-corrected chi connectivity index (χ3v) is 2.60. The molecule has 0 heterocycles. The first-order chi connectivity index (χ1) is 8.63. The SMILES string of the molecule is CSCC(=O)NCCOc1cccc(C(=O)O)c1. The van der Waals surface area contributed by atoms with Crippen molar-refractivity contribution in [3.8, 4) is 5.75 Å². The number of benzene rings is 1. The summed E-state index contributed by atoms with van der Waals surface area (Å²) in [5, 5.41) is 11.5. The van der Waals surface area contributed by atoms with Crippen LogP contribution in [0.5, 0.6) is 5.75 Å². The molecule has 0 aliphatic carbocycles. The van der Waals surface area contributed by atoms with Crippen LogP contribution in [-0.2, 0) is 4.79 Å². The van der Waals surface area contributed by atoms with Gasteiger partial charge in [0, 0.05) is 0 Å². The van der Waals surface area contributed by atoms with Crippen molar-refractivity contribution in [3.63, 3.8) is 0 Å². The van der Waals surface area contributed by atoms with E-state index in [1.807, 2.05) is 6.26 Å². The summed E-state index contributed by atoms with van der Waals surface area (Å²) in [4.78, 5) is 21.9. The van der Waals surface area contributed by atoms with Crippen LogP contribution < -0.4 is 10.1 Å². The molecule has 0 saturated heterocycles. The van der Waals surface area contributed by atoms with Crippen molar-refractivity contribution in [2.45, 2.75) is 0 Å². The number of carbonyl (C=O) groups is 2. The smallest absolute Gasteiger partial charge is 0.335 e. The van der Waals surface area contributed by atoms with E-state index in [1.54, 1.807) is 12.1 Å². The van der Waals surface area contributed by atoms with E-state index < -0.39 is 5.97 Å². The number of thioether (sulfide) groups is 1. The van der Waals surface area contributed by atoms with Crippen LogP contribution in [-0.4, -0.2) is 42.1 Å². The van der Waals surface area contributed by atoms with Crippen molar-refractivity contribution >= 4 is 23.6 Å². The topological polar surface area (TPSA) is 75.6 Å². The number of ether oxygens (including phenoxy) is 1. The molecule has 0 aromatic heterocycles. The molecule has 6 heteroatoms. The van der Waals surface area contributed by atoms with Crippen molar-refractivity contribution in [2.24, 2.45) is 0 Å². The lowest BCUT2D eigenvalue weighted by Gasteiger charge is -2.07. The summed E-state index contributed by atoms with van der Waals surface area (Å²) < 4.78 is 5.34. The van der Waals surface area contributed by atoms with E-state index in [4.69, 9.17) is 9.84 Å². The average molecular weight is 269 g/mol. The van der Waals surface area contributed by atoms with Gasteiger partial charge in [-0.25, -0.2) is 4.79 Å². The lowest BCUT2D eigenvalue weighted by Crippen LogP contribution is -2.29. The van der Waals surface area contributed by atoms with E-state index in [-0.39, 0.29) is 11.5 Å². The largest absolute Gasteiger partial charge is 0.492 e. The summed E-state index contributed by atoms with van der Waals surface area (Å²) in [6.07, 6.45) is 1.85. The van der Waals surface area contributed by atoms with Gasteiger partial charge < -0.3 is 15.2 Å². The highest BCUT2D eigenvalue weighted by molar-refractivity contribution is 7.99. The Hall–Kier alpha value is -1.69. The zero-order valence-electron chi connectivity index (χ0n) is 10.0. The number of carbonyl (C=O) groups excluding carboxylic acids is 1. The molecule has 1 rings (SSSR count). The monoisotopic (exact) mass is 269 g/mol. The van der Waals surface area contributed by atoms with Crippen LogP contribution in [0.4, 0.5) is 0 Å². The van der Waals surface area contributed by atoms with Gasteiger partial charge in [-0.05, 0) is 24.5 Å². The first-order valence-electron chi connectivity index (χ1n) is 5.35. The highest BCUT2D eigenvalue weighted by atomic mass is 32.2. The van der Waals surface area contributed by atoms with Crippen molar-refractivity contribution < 1.29 is 19.4 Å². The molecular weight excluding hydrogens is 254 g/mol. The predicted molar refractivity (Wildman–Crippen MR) is 70.3 cm³/mol. The molecule has 0 aliphatic rings. The number of rotatable bonds is 7. The molecule has 1 amide bonds. The fraction of sp³-hybridized carbons (Fsp3) is 0.333. The molecule has 0 fully saturated rings. The van der Waals surface area contributed by atoms with Gasteiger partial charge in [-0.15, -0.1) is 0 Å². The number of carboxylic acids is 1. The maximum Gasteiger partial charge on any atom is 0.335 e. The summed E-state index contributed by atoms with van der Waals surface area (Å²) in [5.41, 5.74) is 0.180. The maximum atomic E-state index is 11.1. The van der Waals surface area contributed by atoms with Crippen molar-refractivity contribution in [2.75, 3.05) is 25.2 Å².